The van der Waals surface area contributed by atoms with E-state index >= 15 is 0 Å². The van der Waals surface area contributed by atoms with E-state index in [0.717, 1.165) is 25.0 Å². The van der Waals surface area contributed by atoms with Crippen LogP contribution in [-0.4, -0.2) is 23.8 Å². The monoisotopic (exact) mass is 490 g/mol. The predicted molar refractivity (Wildman–Crippen MR) is 122 cm³/mol. The largest absolute Gasteiger partial charge is 0.349 e. The molecule has 3 amide bonds. The van der Waals surface area contributed by atoms with Gasteiger partial charge in [-0.3, -0.25) is 25.2 Å². The quantitative estimate of drug-likeness (QED) is 0.364. The number of hydrogen-bond donors (Lipinski definition) is 4. The number of hydrogen-bond acceptors (Lipinski definition) is 5. The van der Waals surface area contributed by atoms with E-state index in [0.29, 0.717) is 4.88 Å². The van der Waals surface area contributed by atoms with E-state index in [1.165, 1.54) is 29.5 Å². The smallest absolute Gasteiger partial charge is 0.269 e. The summed E-state index contributed by atoms with van der Waals surface area (Å²) in [5, 5.41) is 7.22. The van der Waals surface area contributed by atoms with Crippen molar-refractivity contribution >= 4 is 52.0 Å². The Morgan fingerprint density at radius 1 is 0.939 bits per heavy atom. The number of carbonyl (C=O) groups excluding carboxylic acids is 3. The summed E-state index contributed by atoms with van der Waals surface area (Å²) in [7, 11) is 0. The fourth-order valence-corrected chi connectivity index (χ4v) is 3.65. The SMILES string of the molecule is O=C(NNc1c(F)cc(C(=O)NC2CC2)cc1F)c1ccc(Cl)c(NC(=O)c2cccs2)c1. The highest BCUT2D eigenvalue weighted by Crippen LogP contribution is 2.25. The Morgan fingerprint density at radius 3 is 2.30 bits per heavy atom. The van der Waals surface area contributed by atoms with Crippen molar-refractivity contribution in [2.24, 2.45) is 0 Å². The summed E-state index contributed by atoms with van der Waals surface area (Å²) < 4.78 is 28.7. The molecule has 0 spiro atoms. The average Bonchev–Trinajstić information content (AvgIpc) is 3.42. The van der Waals surface area contributed by atoms with Crippen LogP contribution in [0, 0.1) is 11.6 Å². The van der Waals surface area contributed by atoms with Gasteiger partial charge in [0.15, 0.2) is 11.6 Å². The van der Waals surface area contributed by atoms with E-state index < -0.39 is 35.0 Å². The third kappa shape index (κ3) is 5.47. The molecule has 0 saturated heterocycles. The summed E-state index contributed by atoms with van der Waals surface area (Å²) in [5.41, 5.74) is 3.89. The van der Waals surface area contributed by atoms with Crippen molar-refractivity contribution in [1.29, 1.82) is 0 Å². The molecule has 170 valence electrons. The molecule has 0 atom stereocenters. The first-order chi connectivity index (χ1) is 15.8. The van der Waals surface area contributed by atoms with E-state index in [9.17, 15) is 23.2 Å². The molecule has 4 N–H and O–H groups in total. The first-order valence-electron chi connectivity index (χ1n) is 9.82. The molecule has 0 aliphatic heterocycles. The minimum atomic E-state index is -1.05. The van der Waals surface area contributed by atoms with Crippen molar-refractivity contribution in [3.05, 3.63) is 80.5 Å². The van der Waals surface area contributed by atoms with Gasteiger partial charge in [0.05, 0.1) is 15.6 Å². The van der Waals surface area contributed by atoms with Crippen LogP contribution in [0.4, 0.5) is 20.2 Å². The van der Waals surface area contributed by atoms with Crippen molar-refractivity contribution in [1.82, 2.24) is 10.7 Å². The lowest BCUT2D eigenvalue weighted by Gasteiger charge is -2.13. The van der Waals surface area contributed by atoms with Gasteiger partial charge in [0.1, 0.15) is 5.69 Å². The van der Waals surface area contributed by atoms with Crippen LogP contribution in [0.15, 0.2) is 47.8 Å². The molecule has 4 rings (SSSR count). The molecule has 2 aromatic carbocycles. The summed E-state index contributed by atoms with van der Waals surface area (Å²) in [6.45, 7) is 0. The highest BCUT2D eigenvalue weighted by atomic mass is 35.5. The number of anilines is 2. The maximum absolute atomic E-state index is 14.4. The number of hydrazine groups is 1. The molecule has 0 radical (unpaired) electrons. The molecular formula is C22H17ClF2N4O3S. The molecule has 1 aliphatic rings. The lowest BCUT2D eigenvalue weighted by Crippen LogP contribution is -2.31. The van der Waals surface area contributed by atoms with Crippen molar-refractivity contribution < 1.29 is 23.2 Å². The maximum atomic E-state index is 14.4. The molecule has 33 heavy (non-hydrogen) atoms. The third-order valence-electron chi connectivity index (χ3n) is 4.74. The summed E-state index contributed by atoms with van der Waals surface area (Å²) in [4.78, 5) is 37.2. The summed E-state index contributed by atoms with van der Waals surface area (Å²) in [6.07, 6.45) is 1.68. The first-order valence-corrected chi connectivity index (χ1v) is 11.1. The van der Waals surface area contributed by atoms with E-state index in [-0.39, 0.29) is 27.9 Å². The van der Waals surface area contributed by atoms with Crippen LogP contribution in [0.2, 0.25) is 5.02 Å². The van der Waals surface area contributed by atoms with Gasteiger partial charge in [-0.05, 0) is 54.6 Å². The molecule has 1 fully saturated rings. The molecule has 1 saturated carbocycles. The van der Waals surface area contributed by atoms with Crippen LogP contribution in [-0.2, 0) is 0 Å². The molecule has 11 heteroatoms. The second-order valence-corrected chi connectivity index (χ2v) is 8.62. The van der Waals surface area contributed by atoms with Gasteiger partial charge in [0.2, 0.25) is 0 Å². The van der Waals surface area contributed by atoms with Crippen molar-refractivity contribution in [3.63, 3.8) is 0 Å². The normalized spacial score (nSPS) is 12.7. The zero-order valence-electron chi connectivity index (χ0n) is 16.9. The van der Waals surface area contributed by atoms with E-state index in [2.05, 4.69) is 21.5 Å². The van der Waals surface area contributed by atoms with Crippen molar-refractivity contribution in [2.75, 3.05) is 10.7 Å². The van der Waals surface area contributed by atoms with Gasteiger partial charge in [0.25, 0.3) is 17.7 Å². The molecule has 3 aromatic rings. The fourth-order valence-electron chi connectivity index (χ4n) is 2.87. The number of thiophene rings is 1. The number of amides is 3. The lowest BCUT2D eigenvalue weighted by atomic mass is 10.1. The molecule has 7 nitrogen and oxygen atoms in total. The predicted octanol–water partition coefficient (Wildman–Crippen LogP) is 4.58. The van der Waals surface area contributed by atoms with Crippen LogP contribution in [0.3, 0.4) is 0 Å². The van der Waals surface area contributed by atoms with Gasteiger partial charge in [-0.1, -0.05) is 17.7 Å². The van der Waals surface area contributed by atoms with Gasteiger partial charge in [0, 0.05) is 17.2 Å². The van der Waals surface area contributed by atoms with Gasteiger partial charge < -0.3 is 10.6 Å². The van der Waals surface area contributed by atoms with Crippen molar-refractivity contribution in [3.8, 4) is 0 Å². The molecule has 1 aliphatic carbocycles. The van der Waals surface area contributed by atoms with Gasteiger partial charge in [-0.15, -0.1) is 11.3 Å². The molecule has 1 aromatic heterocycles. The highest BCUT2D eigenvalue weighted by Gasteiger charge is 2.25. The number of rotatable bonds is 7. The number of halogens is 3. The Kier molecular flexibility index (Phi) is 6.57. The minimum Gasteiger partial charge on any atom is -0.349 e. The van der Waals surface area contributed by atoms with E-state index in [1.54, 1.807) is 17.5 Å². The minimum absolute atomic E-state index is 0.0417. The summed E-state index contributed by atoms with van der Waals surface area (Å²) in [6, 6.07) is 9.31. The zero-order chi connectivity index (χ0) is 23.5. The number of carbonyl (C=O) groups is 3. The second-order valence-electron chi connectivity index (χ2n) is 7.27. The van der Waals surface area contributed by atoms with Gasteiger partial charge in [-0.2, -0.15) is 0 Å². The first kappa shape index (κ1) is 22.7. The molecule has 1 heterocycles. The van der Waals surface area contributed by atoms with E-state index in [1.807, 2.05) is 0 Å². The summed E-state index contributed by atoms with van der Waals surface area (Å²) in [5.74, 6) is -3.78. The van der Waals surface area contributed by atoms with Crippen LogP contribution in [0.1, 0.15) is 43.2 Å². The maximum Gasteiger partial charge on any atom is 0.269 e. The van der Waals surface area contributed by atoms with Crippen LogP contribution in [0.5, 0.6) is 0 Å². The lowest BCUT2D eigenvalue weighted by molar-refractivity contribution is 0.0945. The highest BCUT2D eigenvalue weighted by molar-refractivity contribution is 7.12. The Labute approximate surface area is 196 Å². The van der Waals surface area contributed by atoms with E-state index in [4.69, 9.17) is 11.6 Å². The standard InChI is InChI=1S/C22H17ClF2N4O3S/c23-14-6-3-11(10-17(14)27-22(32)18-2-1-7-33-18)21(31)29-28-19-15(24)8-12(9-16(19)25)20(30)26-13-4-5-13/h1-3,6-10,13,28H,4-5H2,(H,26,30)(H,27,32)(H,29,31). The zero-order valence-corrected chi connectivity index (χ0v) is 18.4. The molecule has 0 bridgehead atoms. The van der Waals surface area contributed by atoms with Crippen LogP contribution >= 0.6 is 22.9 Å². The average molecular weight is 491 g/mol. The fraction of sp³-hybridized carbons (Fsp3) is 0.136. The number of benzene rings is 2. The molecule has 0 unspecified atom stereocenters. The third-order valence-corrected chi connectivity index (χ3v) is 5.94. The molecular weight excluding hydrogens is 474 g/mol. The Balaban J connectivity index is 1.43. The summed E-state index contributed by atoms with van der Waals surface area (Å²) >= 11 is 7.35. The Hall–Kier alpha value is -3.50. The van der Waals surface area contributed by atoms with Gasteiger partial charge >= 0.3 is 0 Å². The number of nitrogens with one attached hydrogen (secondary N) is 4. The van der Waals surface area contributed by atoms with Crippen LogP contribution < -0.4 is 21.5 Å². The topological polar surface area (TPSA) is 99.3 Å². The Morgan fingerprint density at radius 2 is 1.67 bits per heavy atom. The second kappa shape index (κ2) is 9.55. The van der Waals surface area contributed by atoms with Crippen molar-refractivity contribution in [2.45, 2.75) is 18.9 Å². The van der Waals surface area contributed by atoms with Gasteiger partial charge in [-0.25, -0.2) is 8.78 Å². The van der Waals surface area contributed by atoms with Crippen LogP contribution in [0.25, 0.3) is 0 Å². The Bertz CT molecular complexity index is 1210.